The summed E-state index contributed by atoms with van der Waals surface area (Å²) in [5.74, 6) is 2.26. The molecule has 3 bridgehead atoms. The second kappa shape index (κ2) is 6.99. The molecule has 3 fully saturated rings. The molecule has 0 radical (unpaired) electrons. The zero-order valence-electron chi connectivity index (χ0n) is 17.5. The Balaban J connectivity index is 1.39. The van der Waals surface area contributed by atoms with E-state index in [1.165, 1.54) is 32.6 Å². The van der Waals surface area contributed by atoms with E-state index in [4.69, 9.17) is 4.74 Å². The van der Waals surface area contributed by atoms with E-state index in [-0.39, 0.29) is 17.6 Å². The average Bonchev–Trinajstić information content (AvgIpc) is 3.12. The van der Waals surface area contributed by atoms with Gasteiger partial charge in [-0.2, -0.15) is 0 Å². The number of aromatic nitrogens is 2. The van der Waals surface area contributed by atoms with E-state index in [2.05, 4.69) is 21.8 Å². The van der Waals surface area contributed by atoms with Crippen LogP contribution in [0.3, 0.4) is 0 Å². The van der Waals surface area contributed by atoms with Crippen LogP contribution in [-0.2, 0) is 4.79 Å². The third-order valence-electron chi connectivity index (χ3n) is 7.91. The number of carbonyl (C=O) groups excluding carboxylic acids is 1. The molecule has 6 atom stereocenters. The van der Waals surface area contributed by atoms with Crippen LogP contribution in [0.1, 0.15) is 63.9 Å². The minimum Gasteiger partial charge on any atom is -0.492 e. The van der Waals surface area contributed by atoms with Crippen LogP contribution < -0.4 is 4.74 Å². The molecule has 0 aromatic carbocycles. The van der Waals surface area contributed by atoms with Gasteiger partial charge in [-0.1, -0.05) is 13.8 Å². The number of likely N-dealkylation sites (tertiary alicyclic amines) is 1. The molecule has 6 heteroatoms. The molecule has 5 rings (SSSR count). The second-order valence-electron chi connectivity index (χ2n) is 9.51. The Bertz CT molecular complexity index is 938. The smallest absolute Gasteiger partial charge is 0.223 e. The number of H-pyrrole nitrogens is 1. The van der Waals surface area contributed by atoms with Crippen molar-refractivity contribution in [3.8, 4) is 5.75 Å². The van der Waals surface area contributed by atoms with Crippen LogP contribution in [0.5, 0.6) is 5.75 Å². The van der Waals surface area contributed by atoms with Gasteiger partial charge in [0, 0.05) is 24.7 Å². The summed E-state index contributed by atoms with van der Waals surface area (Å²) in [5.41, 5.74) is 1.30. The summed E-state index contributed by atoms with van der Waals surface area (Å²) in [4.78, 5) is 22.9. The zero-order chi connectivity index (χ0) is 20.3. The van der Waals surface area contributed by atoms with Gasteiger partial charge in [-0.25, -0.2) is 9.37 Å². The Kier molecular flexibility index (Phi) is 4.56. The first-order chi connectivity index (χ1) is 14.0. The maximum absolute atomic E-state index is 14.9. The second-order valence-corrected chi connectivity index (χ2v) is 9.51. The molecule has 6 unspecified atom stereocenters. The number of fused-ring (bicyclic) bond motifs is 3. The molecule has 2 saturated carbocycles. The summed E-state index contributed by atoms with van der Waals surface area (Å²) in [7, 11) is 1.44. The van der Waals surface area contributed by atoms with Gasteiger partial charge in [0.25, 0.3) is 0 Å². The number of piperidine rings is 1. The van der Waals surface area contributed by atoms with Crippen LogP contribution in [0, 0.1) is 23.6 Å². The molecule has 2 aromatic rings. The highest BCUT2D eigenvalue weighted by Gasteiger charge is 2.49. The first-order valence-corrected chi connectivity index (χ1v) is 11.0. The van der Waals surface area contributed by atoms with Crippen molar-refractivity contribution in [2.75, 3.05) is 7.11 Å². The molecular weight excluding hydrogens is 369 g/mol. The first kappa shape index (κ1) is 18.9. The number of hydrogen-bond acceptors (Lipinski definition) is 3. The van der Waals surface area contributed by atoms with E-state index in [1.807, 2.05) is 6.92 Å². The number of hydrogen-bond donors (Lipinski definition) is 1. The summed E-state index contributed by atoms with van der Waals surface area (Å²) in [6, 6.07) is 0.801. The topological polar surface area (TPSA) is 58.2 Å². The van der Waals surface area contributed by atoms with E-state index in [0.717, 1.165) is 30.2 Å². The predicted octanol–water partition coefficient (Wildman–Crippen LogP) is 4.63. The Morgan fingerprint density at radius 2 is 2.14 bits per heavy atom. The molecule has 29 heavy (non-hydrogen) atoms. The minimum absolute atomic E-state index is 0.0882. The van der Waals surface area contributed by atoms with E-state index in [9.17, 15) is 9.18 Å². The number of carbonyl (C=O) groups is 1. The number of methoxy groups -OCH3 is 1. The summed E-state index contributed by atoms with van der Waals surface area (Å²) >= 11 is 0. The van der Waals surface area contributed by atoms with E-state index in [1.54, 1.807) is 6.20 Å². The van der Waals surface area contributed by atoms with Crippen molar-refractivity contribution >= 4 is 16.9 Å². The average molecular weight is 400 g/mol. The lowest BCUT2D eigenvalue weighted by atomic mass is 9.60. The number of rotatable bonds is 4. The lowest BCUT2D eigenvalue weighted by Gasteiger charge is -2.57. The maximum Gasteiger partial charge on any atom is 0.223 e. The molecule has 1 amide bonds. The summed E-state index contributed by atoms with van der Waals surface area (Å²) < 4.78 is 20.0. The Morgan fingerprint density at radius 3 is 2.93 bits per heavy atom. The van der Waals surface area contributed by atoms with Gasteiger partial charge in [-0.05, 0) is 61.3 Å². The fourth-order valence-corrected chi connectivity index (χ4v) is 6.59. The molecular formula is C23H30FN3O2. The standard InChI is InChI=1S/C23H30FN3O2/c1-12-6-16-9-14-8-15(4-5-17(12)14)27(16)20(28)7-13(2)18-10-25-23-21(18)22(24)19(29-3)11-26-23/h10-17H,4-9H2,1-3H3,(H,25,26). The van der Waals surface area contributed by atoms with Gasteiger partial charge in [0.2, 0.25) is 5.91 Å². The van der Waals surface area contributed by atoms with E-state index in [0.29, 0.717) is 35.5 Å². The van der Waals surface area contributed by atoms with Crippen LogP contribution in [0.15, 0.2) is 12.4 Å². The zero-order valence-corrected chi connectivity index (χ0v) is 17.5. The maximum atomic E-state index is 14.9. The van der Waals surface area contributed by atoms with Gasteiger partial charge < -0.3 is 14.6 Å². The molecule has 3 aliphatic rings. The summed E-state index contributed by atoms with van der Waals surface area (Å²) in [6.45, 7) is 4.38. The van der Waals surface area contributed by atoms with Crippen LogP contribution in [0.2, 0.25) is 0 Å². The lowest BCUT2D eigenvalue weighted by molar-refractivity contribution is -0.149. The highest BCUT2D eigenvalue weighted by atomic mass is 19.1. The molecule has 1 aliphatic heterocycles. The Morgan fingerprint density at radius 1 is 1.34 bits per heavy atom. The number of amides is 1. The molecule has 156 valence electrons. The van der Waals surface area contributed by atoms with Gasteiger partial charge >= 0.3 is 0 Å². The number of halogens is 1. The van der Waals surface area contributed by atoms with Crippen LogP contribution in [-0.4, -0.2) is 40.0 Å². The third kappa shape index (κ3) is 2.94. The molecule has 2 aromatic heterocycles. The van der Waals surface area contributed by atoms with Crippen molar-refractivity contribution in [3.05, 3.63) is 23.8 Å². The van der Waals surface area contributed by atoms with Crippen molar-refractivity contribution in [2.45, 2.75) is 70.4 Å². The van der Waals surface area contributed by atoms with Crippen molar-refractivity contribution in [3.63, 3.8) is 0 Å². The van der Waals surface area contributed by atoms with Gasteiger partial charge in [0.1, 0.15) is 5.65 Å². The number of nitrogens with one attached hydrogen (secondary N) is 1. The van der Waals surface area contributed by atoms with Gasteiger partial charge in [-0.3, -0.25) is 4.79 Å². The van der Waals surface area contributed by atoms with Gasteiger partial charge in [0.15, 0.2) is 11.6 Å². The van der Waals surface area contributed by atoms with Gasteiger partial charge in [-0.15, -0.1) is 0 Å². The SMILES string of the molecule is COc1cnc2[nH]cc(C(C)CC(=O)N3C4CCC5C(C)CC3CC5C4)c2c1F. The molecule has 5 nitrogen and oxygen atoms in total. The minimum atomic E-state index is -0.409. The summed E-state index contributed by atoms with van der Waals surface area (Å²) in [5, 5.41) is 0.440. The molecule has 1 N–H and O–H groups in total. The van der Waals surface area contributed by atoms with Crippen LogP contribution in [0.25, 0.3) is 11.0 Å². The number of aromatic amines is 1. The third-order valence-corrected chi connectivity index (χ3v) is 7.91. The number of ether oxygens (including phenoxy) is 1. The quantitative estimate of drug-likeness (QED) is 0.815. The lowest BCUT2D eigenvalue weighted by Crippen LogP contribution is -2.59. The molecule has 0 spiro atoms. The van der Waals surface area contributed by atoms with E-state index >= 15 is 0 Å². The van der Waals surface area contributed by atoms with Crippen LogP contribution in [0.4, 0.5) is 4.39 Å². The fraction of sp³-hybridized carbons (Fsp3) is 0.652. The molecule has 2 aliphatic carbocycles. The van der Waals surface area contributed by atoms with Crippen molar-refractivity contribution in [1.82, 2.24) is 14.9 Å². The van der Waals surface area contributed by atoms with Crippen molar-refractivity contribution in [1.29, 1.82) is 0 Å². The summed E-state index contributed by atoms with van der Waals surface area (Å²) in [6.07, 6.45) is 9.48. The highest BCUT2D eigenvalue weighted by molar-refractivity contribution is 5.84. The molecule has 3 heterocycles. The van der Waals surface area contributed by atoms with E-state index < -0.39 is 5.82 Å². The molecule has 1 saturated heterocycles. The highest BCUT2D eigenvalue weighted by Crippen LogP contribution is 2.51. The normalized spacial score (nSPS) is 31.9. The van der Waals surface area contributed by atoms with Crippen molar-refractivity contribution < 1.29 is 13.9 Å². The Hall–Kier alpha value is -2.11. The van der Waals surface area contributed by atoms with Crippen molar-refractivity contribution in [2.24, 2.45) is 17.8 Å². The first-order valence-electron chi connectivity index (χ1n) is 11.0. The largest absolute Gasteiger partial charge is 0.492 e. The Labute approximate surface area is 171 Å². The monoisotopic (exact) mass is 399 g/mol. The van der Waals surface area contributed by atoms with Gasteiger partial charge in [0.05, 0.1) is 18.7 Å². The number of nitrogens with zero attached hydrogens (tertiary/aromatic N) is 2. The van der Waals surface area contributed by atoms with Crippen LogP contribution >= 0.6 is 0 Å². The predicted molar refractivity (Wildman–Crippen MR) is 109 cm³/mol. The fourth-order valence-electron chi connectivity index (χ4n) is 6.59. The number of pyridine rings is 1.